The van der Waals surface area contributed by atoms with Crippen LogP contribution in [0.1, 0.15) is 23.1 Å². The summed E-state index contributed by atoms with van der Waals surface area (Å²) in [5.74, 6) is 0.668. The third-order valence-electron chi connectivity index (χ3n) is 4.94. The van der Waals surface area contributed by atoms with Gasteiger partial charge in [0.05, 0.1) is 12.0 Å². The summed E-state index contributed by atoms with van der Waals surface area (Å²) in [4.78, 5) is 12.6. The molecule has 3 aromatic carbocycles. The lowest BCUT2D eigenvalue weighted by Gasteiger charge is -2.12. The van der Waals surface area contributed by atoms with Gasteiger partial charge in [0.2, 0.25) is 15.9 Å². The second-order valence-electron chi connectivity index (χ2n) is 7.09. The van der Waals surface area contributed by atoms with Crippen molar-refractivity contribution < 1.29 is 17.9 Å². The van der Waals surface area contributed by atoms with E-state index in [1.807, 2.05) is 36.4 Å². The zero-order valence-electron chi connectivity index (χ0n) is 17.6. The summed E-state index contributed by atoms with van der Waals surface area (Å²) in [5, 5.41) is 2.93. The van der Waals surface area contributed by atoms with Crippen molar-refractivity contribution in [3.63, 3.8) is 0 Å². The quantitative estimate of drug-likeness (QED) is 0.533. The Hall–Kier alpha value is -3.16. The zero-order valence-corrected chi connectivity index (χ0v) is 18.4. The van der Waals surface area contributed by atoms with Gasteiger partial charge < -0.3 is 10.1 Å². The van der Waals surface area contributed by atoms with Crippen molar-refractivity contribution >= 4 is 21.6 Å². The predicted molar refractivity (Wildman–Crippen MR) is 122 cm³/mol. The van der Waals surface area contributed by atoms with Crippen molar-refractivity contribution in [3.8, 4) is 5.75 Å². The van der Waals surface area contributed by atoms with Crippen molar-refractivity contribution in [1.29, 1.82) is 0 Å². The fourth-order valence-corrected chi connectivity index (χ4v) is 3.97. The van der Waals surface area contributed by atoms with E-state index >= 15 is 0 Å². The Morgan fingerprint density at radius 2 is 1.65 bits per heavy atom. The lowest BCUT2D eigenvalue weighted by molar-refractivity contribution is -0.116. The Bertz CT molecular complexity index is 1130. The van der Waals surface area contributed by atoms with Gasteiger partial charge in [-0.1, -0.05) is 42.5 Å². The van der Waals surface area contributed by atoms with E-state index in [1.165, 1.54) is 7.05 Å². The number of nitrogens with one attached hydrogen (secondary N) is 2. The number of ether oxygens (including phenoxy) is 1. The summed E-state index contributed by atoms with van der Waals surface area (Å²) in [5.41, 5.74) is 3.76. The van der Waals surface area contributed by atoms with E-state index in [9.17, 15) is 13.2 Å². The fraction of sp³-hybridized carbons (Fsp3) is 0.208. The van der Waals surface area contributed by atoms with Gasteiger partial charge in [0.25, 0.3) is 0 Å². The maximum Gasteiger partial charge on any atom is 0.240 e. The van der Waals surface area contributed by atoms with Crippen LogP contribution in [-0.4, -0.2) is 28.5 Å². The molecule has 0 fully saturated rings. The van der Waals surface area contributed by atoms with E-state index in [0.717, 1.165) is 22.4 Å². The van der Waals surface area contributed by atoms with Crippen LogP contribution >= 0.6 is 0 Å². The summed E-state index contributed by atoms with van der Waals surface area (Å²) in [7, 11) is -0.452. The standard InChI is InChI=1S/C24H26N2O4S/c1-25-31(28,29)22-12-8-18(9-13-22)10-15-24(27)26-21-11-14-23(30-2)20(17-21)16-19-6-4-3-5-7-19/h3-9,11-14,17,25H,10,15-16H2,1-2H3,(H,26,27). The van der Waals surface area contributed by atoms with Gasteiger partial charge in [-0.15, -0.1) is 0 Å². The van der Waals surface area contributed by atoms with E-state index in [2.05, 4.69) is 22.2 Å². The van der Waals surface area contributed by atoms with Gasteiger partial charge >= 0.3 is 0 Å². The summed E-state index contributed by atoms with van der Waals surface area (Å²) in [6.45, 7) is 0. The largest absolute Gasteiger partial charge is 0.496 e. The van der Waals surface area contributed by atoms with Crippen LogP contribution in [-0.2, 0) is 27.7 Å². The zero-order chi connectivity index (χ0) is 22.3. The maximum absolute atomic E-state index is 12.4. The molecule has 0 heterocycles. The Morgan fingerprint density at radius 3 is 2.29 bits per heavy atom. The molecule has 0 aromatic heterocycles. The molecule has 3 rings (SSSR count). The molecule has 0 spiro atoms. The molecule has 6 nitrogen and oxygen atoms in total. The first-order valence-electron chi connectivity index (χ1n) is 9.94. The Morgan fingerprint density at radius 1 is 0.935 bits per heavy atom. The molecule has 0 atom stereocenters. The van der Waals surface area contributed by atoms with E-state index in [-0.39, 0.29) is 17.2 Å². The molecule has 0 aliphatic carbocycles. The third kappa shape index (κ3) is 6.16. The van der Waals surface area contributed by atoms with Crippen LogP contribution in [0.5, 0.6) is 5.75 Å². The second kappa shape index (κ2) is 10.2. The monoisotopic (exact) mass is 438 g/mol. The summed E-state index contributed by atoms with van der Waals surface area (Å²) >= 11 is 0. The molecule has 1 amide bonds. The number of anilines is 1. The molecule has 7 heteroatoms. The predicted octanol–water partition coefficient (Wildman–Crippen LogP) is 3.77. The minimum Gasteiger partial charge on any atom is -0.496 e. The number of sulfonamides is 1. The van der Waals surface area contributed by atoms with E-state index in [0.29, 0.717) is 18.5 Å². The van der Waals surface area contributed by atoms with Crippen LogP contribution < -0.4 is 14.8 Å². The molecule has 162 valence electrons. The highest BCUT2D eigenvalue weighted by molar-refractivity contribution is 7.89. The van der Waals surface area contributed by atoms with Gasteiger partial charge in [0, 0.05) is 24.1 Å². The minimum absolute atomic E-state index is 0.109. The van der Waals surface area contributed by atoms with Gasteiger partial charge in [0.15, 0.2) is 0 Å². The van der Waals surface area contributed by atoms with Gasteiger partial charge in [-0.05, 0) is 54.9 Å². The van der Waals surface area contributed by atoms with Crippen LogP contribution in [0.2, 0.25) is 0 Å². The van der Waals surface area contributed by atoms with Crippen LogP contribution in [0, 0.1) is 0 Å². The van der Waals surface area contributed by atoms with Crippen molar-refractivity contribution in [2.75, 3.05) is 19.5 Å². The molecule has 0 saturated carbocycles. The number of hydrogen-bond acceptors (Lipinski definition) is 4. The van der Waals surface area contributed by atoms with E-state index in [4.69, 9.17) is 4.74 Å². The lowest BCUT2D eigenvalue weighted by atomic mass is 10.0. The fourth-order valence-electron chi connectivity index (χ4n) is 3.24. The molecule has 0 bridgehead atoms. The molecule has 0 radical (unpaired) electrons. The molecule has 0 saturated heterocycles. The summed E-state index contributed by atoms with van der Waals surface area (Å²) in [6, 6.07) is 22.2. The highest BCUT2D eigenvalue weighted by Gasteiger charge is 2.11. The van der Waals surface area contributed by atoms with Crippen molar-refractivity contribution in [2.24, 2.45) is 0 Å². The highest BCUT2D eigenvalue weighted by Crippen LogP contribution is 2.25. The first kappa shape index (κ1) is 22.5. The molecule has 3 aromatic rings. The molecule has 0 aliphatic heterocycles. The number of benzene rings is 3. The highest BCUT2D eigenvalue weighted by atomic mass is 32.2. The van der Waals surface area contributed by atoms with E-state index < -0.39 is 10.0 Å². The number of carbonyl (C=O) groups is 1. The molecule has 0 unspecified atom stereocenters. The van der Waals surface area contributed by atoms with Gasteiger partial charge in [0.1, 0.15) is 5.75 Å². The summed E-state index contributed by atoms with van der Waals surface area (Å²) in [6.07, 6.45) is 1.51. The second-order valence-corrected chi connectivity index (χ2v) is 8.98. The van der Waals surface area contributed by atoms with E-state index in [1.54, 1.807) is 31.4 Å². The maximum atomic E-state index is 12.4. The first-order chi connectivity index (χ1) is 14.9. The van der Waals surface area contributed by atoms with Crippen molar-refractivity contribution in [1.82, 2.24) is 4.72 Å². The van der Waals surface area contributed by atoms with Crippen LogP contribution in [0.25, 0.3) is 0 Å². The van der Waals surface area contributed by atoms with Gasteiger partial charge in [-0.25, -0.2) is 13.1 Å². The van der Waals surface area contributed by atoms with Gasteiger partial charge in [-0.2, -0.15) is 0 Å². The Balaban J connectivity index is 1.62. The average molecular weight is 439 g/mol. The number of methoxy groups -OCH3 is 1. The summed E-state index contributed by atoms with van der Waals surface area (Å²) < 4.78 is 31.3. The third-order valence-corrected chi connectivity index (χ3v) is 6.37. The van der Waals surface area contributed by atoms with Crippen LogP contribution in [0.4, 0.5) is 5.69 Å². The van der Waals surface area contributed by atoms with Gasteiger partial charge in [-0.3, -0.25) is 4.79 Å². The Labute approximate surface area is 183 Å². The smallest absolute Gasteiger partial charge is 0.240 e. The SMILES string of the molecule is CNS(=O)(=O)c1ccc(CCC(=O)Nc2ccc(OC)c(Cc3ccccc3)c2)cc1. The van der Waals surface area contributed by atoms with Crippen LogP contribution in [0.15, 0.2) is 77.7 Å². The molecule has 2 N–H and O–H groups in total. The molecule has 31 heavy (non-hydrogen) atoms. The normalized spacial score (nSPS) is 11.2. The van der Waals surface area contributed by atoms with Crippen molar-refractivity contribution in [3.05, 3.63) is 89.5 Å². The molecule has 0 aliphatic rings. The topological polar surface area (TPSA) is 84.5 Å². The lowest BCUT2D eigenvalue weighted by Crippen LogP contribution is -2.18. The number of amides is 1. The number of aryl methyl sites for hydroxylation is 1. The number of rotatable bonds is 9. The molecular weight excluding hydrogens is 412 g/mol. The number of carbonyl (C=O) groups excluding carboxylic acids is 1. The molecular formula is C24H26N2O4S. The Kier molecular flexibility index (Phi) is 7.44. The van der Waals surface area contributed by atoms with Crippen molar-refractivity contribution in [2.45, 2.75) is 24.2 Å². The average Bonchev–Trinajstić information content (AvgIpc) is 2.79. The number of hydrogen-bond donors (Lipinski definition) is 2. The first-order valence-corrected chi connectivity index (χ1v) is 11.4. The van der Waals surface area contributed by atoms with Crippen LogP contribution in [0.3, 0.4) is 0 Å². The minimum atomic E-state index is -3.46.